The van der Waals surface area contributed by atoms with Crippen molar-refractivity contribution in [1.82, 2.24) is 14.9 Å². The van der Waals surface area contributed by atoms with Crippen LogP contribution in [0.4, 0.5) is 11.8 Å². The molecular weight excluding hydrogens is 278 g/mol. The van der Waals surface area contributed by atoms with Crippen molar-refractivity contribution in [3.63, 3.8) is 0 Å². The van der Waals surface area contributed by atoms with Crippen molar-refractivity contribution >= 4 is 11.8 Å². The number of likely N-dealkylation sites (tertiary alicyclic amines) is 1. The molecule has 2 fully saturated rings. The summed E-state index contributed by atoms with van der Waals surface area (Å²) in [7, 11) is 0. The van der Waals surface area contributed by atoms with Crippen molar-refractivity contribution in [3.8, 4) is 5.88 Å². The molecule has 2 aliphatic rings. The Kier molecular flexibility index (Phi) is 4.66. The van der Waals surface area contributed by atoms with Gasteiger partial charge in [-0.1, -0.05) is 6.42 Å². The minimum absolute atomic E-state index is 0.0850. The maximum Gasteiger partial charge on any atom is 0.225 e. The quantitative estimate of drug-likeness (QED) is 0.916. The van der Waals surface area contributed by atoms with Crippen LogP contribution in [-0.4, -0.2) is 53.2 Å². The number of hydrogen-bond acceptors (Lipinski definition) is 6. The lowest BCUT2D eigenvalue weighted by Crippen LogP contribution is -2.41. The molecule has 0 spiro atoms. The van der Waals surface area contributed by atoms with E-state index in [9.17, 15) is 0 Å². The van der Waals surface area contributed by atoms with Crippen LogP contribution >= 0.6 is 0 Å². The first kappa shape index (κ1) is 15.3. The Hall–Kier alpha value is -1.56. The monoisotopic (exact) mass is 305 g/mol. The molecule has 22 heavy (non-hydrogen) atoms. The fourth-order valence-electron chi connectivity index (χ4n) is 3.43. The van der Waals surface area contributed by atoms with Gasteiger partial charge in [-0.15, -0.1) is 0 Å². The van der Waals surface area contributed by atoms with Gasteiger partial charge >= 0.3 is 0 Å². The standard InChI is InChI=1S/C16H27N5O/c1-12(2)22-15-10-14(18-16(17)19-15)21-9-6-13(11-21)20-7-4-3-5-8-20/h10,12-13H,3-9,11H2,1-2H3,(H2,17,18,19). The maximum absolute atomic E-state index is 5.84. The Balaban J connectivity index is 1.68. The highest BCUT2D eigenvalue weighted by molar-refractivity contribution is 5.46. The third kappa shape index (κ3) is 3.61. The van der Waals surface area contributed by atoms with E-state index in [0.29, 0.717) is 11.9 Å². The molecule has 2 aliphatic heterocycles. The van der Waals surface area contributed by atoms with E-state index < -0.39 is 0 Å². The van der Waals surface area contributed by atoms with Gasteiger partial charge in [0.05, 0.1) is 6.10 Å². The van der Waals surface area contributed by atoms with Crippen LogP contribution in [0.2, 0.25) is 0 Å². The summed E-state index contributed by atoms with van der Waals surface area (Å²) in [4.78, 5) is 13.5. The molecule has 0 radical (unpaired) electrons. The van der Waals surface area contributed by atoms with Gasteiger partial charge in [-0.3, -0.25) is 4.90 Å². The first-order valence-corrected chi connectivity index (χ1v) is 8.42. The Morgan fingerprint density at radius 1 is 1.18 bits per heavy atom. The summed E-state index contributed by atoms with van der Waals surface area (Å²) in [5.41, 5.74) is 5.84. The summed E-state index contributed by atoms with van der Waals surface area (Å²) in [6.07, 6.45) is 5.34. The molecule has 2 saturated heterocycles. The van der Waals surface area contributed by atoms with Gasteiger partial charge < -0.3 is 15.4 Å². The van der Waals surface area contributed by atoms with E-state index in [0.717, 1.165) is 18.9 Å². The Labute approximate surface area is 132 Å². The van der Waals surface area contributed by atoms with Gasteiger partial charge in [-0.2, -0.15) is 9.97 Å². The molecule has 6 nitrogen and oxygen atoms in total. The Bertz CT molecular complexity index is 501. The van der Waals surface area contributed by atoms with Crippen molar-refractivity contribution in [2.75, 3.05) is 36.8 Å². The smallest absolute Gasteiger partial charge is 0.225 e. The molecule has 2 N–H and O–H groups in total. The highest BCUT2D eigenvalue weighted by Gasteiger charge is 2.29. The van der Waals surface area contributed by atoms with E-state index >= 15 is 0 Å². The van der Waals surface area contributed by atoms with Gasteiger partial charge in [-0.05, 0) is 46.2 Å². The topological polar surface area (TPSA) is 67.5 Å². The predicted octanol–water partition coefficient (Wildman–Crippen LogP) is 1.91. The van der Waals surface area contributed by atoms with Crippen molar-refractivity contribution in [3.05, 3.63) is 6.07 Å². The van der Waals surface area contributed by atoms with E-state index in [2.05, 4.69) is 19.8 Å². The summed E-state index contributed by atoms with van der Waals surface area (Å²) >= 11 is 0. The highest BCUT2D eigenvalue weighted by Crippen LogP contribution is 2.26. The molecule has 3 rings (SSSR count). The second-order valence-electron chi connectivity index (χ2n) is 6.57. The SMILES string of the molecule is CC(C)Oc1cc(N2CCC(N3CCCCC3)C2)nc(N)n1. The summed E-state index contributed by atoms with van der Waals surface area (Å²) < 4.78 is 5.67. The van der Waals surface area contributed by atoms with Crippen molar-refractivity contribution in [1.29, 1.82) is 0 Å². The number of aromatic nitrogens is 2. The van der Waals surface area contributed by atoms with E-state index in [-0.39, 0.29) is 12.1 Å². The second kappa shape index (κ2) is 6.69. The Morgan fingerprint density at radius 3 is 2.68 bits per heavy atom. The molecule has 1 atom stereocenters. The van der Waals surface area contributed by atoms with E-state index in [1.54, 1.807) is 0 Å². The number of ether oxygens (including phenoxy) is 1. The molecule has 122 valence electrons. The van der Waals surface area contributed by atoms with Gasteiger partial charge in [0.15, 0.2) is 0 Å². The number of nitrogens with two attached hydrogens (primary N) is 1. The first-order valence-electron chi connectivity index (χ1n) is 8.42. The van der Waals surface area contributed by atoms with E-state index in [4.69, 9.17) is 10.5 Å². The third-order valence-electron chi connectivity index (χ3n) is 4.46. The molecule has 1 unspecified atom stereocenters. The molecule has 6 heteroatoms. The van der Waals surface area contributed by atoms with Crippen LogP contribution in [0.5, 0.6) is 5.88 Å². The lowest BCUT2D eigenvalue weighted by molar-refractivity contribution is 0.174. The van der Waals surface area contributed by atoms with Crippen LogP contribution in [0.25, 0.3) is 0 Å². The maximum atomic E-state index is 5.84. The zero-order chi connectivity index (χ0) is 15.5. The molecule has 0 amide bonds. The van der Waals surface area contributed by atoms with Crippen LogP contribution in [0.1, 0.15) is 39.5 Å². The van der Waals surface area contributed by atoms with Crippen molar-refractivity contribution in [2.45, 2.75) is 51.7 Å². The predicted molar refractivity (Wildman–Crippen MR) is 88.3 cm³/mol. The molecule has 0 aromatic carbocycles. The van der Waals surface area contributed by atoms with Crippen LogP contribution in [0.15, 0.2) is 6.07 Å². The second-order valence-corrected chi connectivity index (χ2v) is 6.57. The number of nitrogens with zero attached hydrogens (tertiary/aromatic N) is 4. The molecule has 3 heterocycles. The fraction of sp³-hybridized carbons (Fsp3) is 0.750. The number of rotatable bonds is 4. The molecule has 0 aliphatic carbocycles. The van der Waals surface area contributed by atoms with Gasteiger partial charge in [0, 0.05) is 25.2 Å². The lowest BCUT2D eigenvalue weighted by Gasteiger charge is -2.32. The van der Waals surface area contributed by atoms with Crippen LogP contribution in [-0.2, 0) is 0 Å². The normalized spacial score (nSPS) is 23.2. The molecule has 0 saturated carbocycles. The molecule has 1 aromatic heterocycles. The van der Waals surface area contributed by atoms with E-state index in [1.165, 1.54) is 38.8 Å². The Morgan fingerprint density at radius 2 is 1.95 bits per heavy atom. The van der Waals surface area contributed by atoms with Crippen molar-refractivity contribution in [2.24, 2.45) is 0 Å². The lowest BCUT2D eigenvalue weighted by atomic mass is 10.1. The average molecular weight is 305 g/mol. The zero-order valence-corrected chi connectivity index (χ0v) is 13.7. The minimum atomic E-state index is 0.0850. The van der Waals surface area contributed by atoms with E-state index in [1.807, 2.05) is 19.9 Å². The summed E-state index contributed by atoms with van der Waals surface area (Å²) in [6, 6.07) is 2.56. The fourth-order valence-corrected chi connectivity index (χ4v) is 3.43. The van der Waals surface area contributed by atoms with Gasteiger partial charge in [-0.25, -0.2) is 0 Å². The number of nitrogen functional groups attached to an aromatic ring is 1. The minimum Gasteiger partial charge on any atom is -0.475 e. The largest absolute Gasteiger partial charge is 0.475 e. The third-order valence-corrected chi connectivity index (χ3v) is 4.46. The number of anilines is 2. The highest BCUT2D eigenvalue weighted by atomic mass is 16.5. The van der Waals surface area contributed by atoms with Crippen LogP contribution in [0.3, 0.4) is 0 Å². The average Bonchev–Trinajstić information content (AvgIpc) is 2.96. The molecule has 1 aromatic rings. The first-order chi connectivity index (χ1) is 10.6. The van der Waals surface area contributed by atoms with Gasteiger partial charge in [0.1, 0.15) is 5.82 Å². The van der Waals surface area contributed by atoms with Crippen molar-refractivity contribution < 1.29 is 4.74 Å². The van der Waals surface area contributed by atoms with Crippen LogP contribution < -0.4 is 15.4 Å². The van der Waals surface area contributed by atoms with Crippen LogP contribution in [0, 0.1) is 0 Å². The number of hydrogen-bond donors (Lipinski definition) is 1. The molecule has 0 bridgehead atoms. The summed E-state index contributed by atoms with van der Waals surface area (Å²) in [5.74, 6) is 1.75. The van der Waals surface area contributed by atoms with Gasteiger partial charge in [0.2, 0.25) is 11.8 Å². The molecular formula is C16H27N5O. The van der Waals surface area contributed by atoms with Gasteiger partial charge in [0.25, 0.3) is 0 Å². The zero-order valence-electron chi connectivity index (χ0n) is 13.7. The summed E-state index contributed by atoms with van der Waals surface area (Å²) in [6.45, 7) is 8.51. The summed E-state index contributed by atoms with van der Waals surface area (Å²) in [5, 5.41) is 0. The number of piperidine rings is 1.